The third-order valence-electron chi connectivity index (χ3n) is 1.14. The normalized spacial score (nSPS) is 23.7. The van der Waals surface area contributed by atoms with E-state index >= 15 is 0 Å². The maximum atomic E-state index is 8.70. The van der Waals surface area contributed by atoms with Crippen LogP contribution in [0, 0.1) is 6.42 Å². The first-order valence-electron chi connectivity index (χ1n) is 3.39. The first kappa shape index (κ1) is 13.2. The summed E-state index contributed by atoms with van der Waals surface area (Å²) in [7, 11) is 0. The predicted octanol–water partition coefficient (Wildman–Crippen LogP) is -1.23. The van der Waals surface area contributed by atoms with Crippen LogP contribution in [0.15, 0.2) is 0 Å². The van der Waals surface area contributed by atoms with Crippen molar-refractivity contribution >= 4 is 0 Å². The van der Waals surface area contributed by atoms with E-state index in [1.807, 2.05) is 13.8 Å². The minimum atomic E-state index is -0.00926. The van der Waals surface area contributed by atoms with Crippen molar-refractivity contribution in [1.82, 2.24) is 0 Å². The number of hydrogen-bond donors (Lipinski definition) is 1. The van der Waals surface area contributed by atoms with Crippen molar-refractivity contribution in [2.45, 2.75) is 39.2 Å². The van der Waals surface area contributed by atoms with Crippen molar-refractivity contribution in [2.24, 2.45) is 0 Å². The second-order valence-corrected chi connectivity index (χ2v) is 1.76. The fourth-order valence-corrected chi connectivity index (χ4v) is 0.738. The fraction of sp³-hybridized carbons (Fsp3) is 0.857. The number of aliphatic hydroxyl groups excluding tert-OH is 1. The van der Waals surface area contributed by atoms with Gasteiger partial charge < -0.3 is 11.5 Å². The maximum Gasteiger partial charge on any atom is 1.00 e. The average molecular weight is 154 g/mol. The smallest absolute Gasteiger partial charge is 0.396 e. The third kappa shape index (κ3) is 7.49. The molecule has 1 aliphatic carbocycles. The van der Waals surface area contributed by atoms with E-state index in [9.17, 15) is 0 Å². The van der Waals surface area contributed by atoms with Gasteiger partial charge in [0.15, 0.2) is 0 Å². The molecule has 9 heavy (non-hydrogen) atoms. The number of aliphatic hydroxyl groups is 1. The molecular weight excluding hydrogens is 139 g/mol. The van der Waals surface area contributed by atoms with E-state index < -0.39 is 0 Å². The van der Waals surface area contributed by atoms with Crippen LogP contribution in [0.2, 0.25) is 0 Å². The van der Waals surface area contributed by atoms with Gasteiger partial charge in [0.1, 0.15) is 0 Å². The predicted molar refractivity (Wildman–Crippen MR) is 35.5 cm³/mol. The Bertz CT molecular complexity index is 42.2. The first-order chi connectivity index (χ1) is 3.89. The zero-order valence-electron chi connectivity index (χ0n) is 6.72. The van der Waals surface area contributed by atoms with Gasteiger partial charge in [-0.2, -0.15) is 12.8 Å². The number of rotatable bonds is 0. The zero-order valence-corrected chi connectivity index (χ0v) is 9.85. The quantitative estimate of drug-likeness (QED) is 0.342. The topological polar surface area (TPSA) is 20.2 Å². The summed E-state index contributed by atoms with van der Waals surface area (Å²) in [4.78, 5) is 0. The van der Waals surface area contributed by atoms with Crippen LogP contribution in [0.5, 0.6) is 0 Å². The molecule has 0 aromatic carbocycles. The Kier molecular flexibility index (Phi) is 14.1. The van der Waals surface area contributed by atoms with Crippen molar-refractivity contribution in [3.63, 3.8) is 0 Å². The van der Waals surface area contributed by atoms with Crippen LogP contribution >= 0.6 is 0 Å². The minimum absolute atomic E-state index is 0. The third-order valence-corrected chi connectivity index (χ3v) is 1.14. The van der Waals surface area contributed by atoms with E-state index in [1.54, 1.807) is 0 Å². The molecule has 0 radical (unpaired) electrons. The molecule has 0 aliphatic heterocycles. The van der Waals surface area contributed by atoms with E-state index in [-0.39, 0.29) is 57.5 Å². The molecule has 2 heteroatoms. The van der Waals surface area contributed by atoms with Crippen molar-refractivity contribution < 1.29 is 56.5 Å². The summed E-state index contributed by atoms with van der Waals surface area (Å²) in [5, 5.41) is 8.70. The van der Waals surface area contributed by atoms with Gasteiger partial charge in [-0.15, -0.1) is 0 Å². The summed E-state index contributed by atoms with van der Waals surface area (Å²) in [5.74, 6) is 0. The van der Waals surface area contributed by atoms with Gasteiger partial charge in [-0.25, -0.2) is 0 Å². The van der Waals surface area contributed by atoms with Gasteiger partial charge in [-0.05, 0) is 0 Å². The van der Waals surface area contributed by atoms with Gasteiger partial charge in [0, 0.05) is 6.10 Å². The average Bonchev–Trinajstić information content (AvgIpc) is 2.24. The standard InChI is InChI=1S/C5H9O.C2H6.K/c6-5-3-1-2-4-5;1-2;/h1,5-6H,2-4H2;1-2H3;/q-1;;+1. The maximum absolute atomic E-state index is 8.70. The molecule has 0 amide bonds. The van der Waals surface area contributed by atoms with Crippen LogP contribution in [0.1, 0.15) is 33.1 Å². The second-order valence-electron chi connectivity index (χ2n) is 1.76. The molecule has 0 spiro atoms. The summed E-state index contributed by atoms with van der Waals surface area (Å²) >= 11 is 0. The van der Waals surface area contributed by atoms with Gasteiger partial charge in [-0.3, -0.25) is 0 Å². The molecule has 0 heterocycles. The van der Waals surface area contributed by atoms with Crippen LogP contribution in [0.25, 0.3) is 0 Å². The molecule has 1 atom stereocenters. The Labute approximate surface area is 101 Å². The molecule has 1 fully saturated rings. The van der Waals surface area contributed by atoms with Crippen LogP contribution in [0.3, 0.4) is 0 Å². The SMILES string of the molecule is CC.OC1C[CH-]CC1.[K+]. The Hall–Kier alpha value is 1.60. The summed E-state index contributed by atoms with van der Waals surface area (Å²) in [5.41, 5.74) is 0. The molecule has 1 nitrogen and oxygen atoms in total. The van der Waals surface area contributed by atoms with Gasteiger partial charge in [0.2, 0.25) is 0 Å². The van der Waals surface area contributed by atoms with Gasteiger partial charge in [0.25, 0.3) is 0 Å². The second kappa shape index (κ2) is 9.60. The summed E-state index contributed by atoms with van der Waals surface area (Å²) in [6, 6.07) is 0. The van der Waals surface area contributed by atoms with Gasteiger partial charge in [-0.1, -0.05) is 20.3 Å². The van der Waals surface area contributed by atoms with Crippen molar-refractivity contribution in [3.05, 3.63) is 6.42 Å². The molecule has 1 unspecified atom stereocenters. The Morgan fingerprint density at radius 1 is 1.44 bits per heavy atom. The largest absolute Gasteiger partial charge is 1.00 e. The van der Waals surface area contributed by atoms with Crippen molar-refractivity contribution in [3.8, 4) is 0 Å². The molecule has 1 N–H and O–H groups in total. The van der Waals surface area contributed by atoms with E-state index in [4.69, 9.17) is 5.11 Å². The van der Waals surface area contributed by atoms with Gasteiger partial charge in [0.05, 0.1) is 0 Å². The molecule has 1 aliphatic rings. The number of hydrogen-bond acceptors (Lipinski definition) is 1. The van der Waals surface area contributed by atoms with Crippen LogP contribution in [-0.4, -0.2) is 11.2 Å². The Morgan fingerprint density at radius 2 is 2.00 bits per heavy atom. The van der Waals surface area contributed by atoms with Crippen molar-refractivity contribution in [1.29, 1.82) is 0 Å². The van der Waals surface area contributed by atoms with E-state index in [2.05, 4.69) is 6.42 Å². The molecule has 1 rings (SSSR count). The summed E-state index contributed by atoms with van der Waals surface area (Å²) in [6.07, 6.45) is 5.14. The van der Waals surface area contributed by atoms with E-state index in [1.165, 1.54) is 0 Å². The Balaban J connectivity index is 0. The monoisotopic (exact) mass is 154 g/mol. The van der Waals surface area contributed by atoms with Crippen LogP contribution < -0.4 is 51.4 Å². The molecule has 0 saturated heterocycles. The summed E-state index contributed by atoms with van der Waals surface area (Å²) in [6.45, 7) is 4.00. The molecule has 1 saturated carbocycles. The van der Waals surface area contributed by atoms with E-state index in [0.29, 0.717) is 0 Å². The first-order valence-corrected chi connectivity index (χ1v) is 3.39. The molecule has 0 aromatic heterocycles. The molecule has 0 aromatic rings. The Morgan fingerprint density at radius 3 is 2.11 bits per heavy atom. The minimum Gasteiger partial charge on any atom is -0.396 e. The summed E-state index contributed by atoms with van der Waals surface area (Å²) < 4.78 is 0. The van der Waals surface area contributed by atoms with Crippen LogP contribution in [-0.2, 0) is 0 Å². The molecular formula is C7H15KO. The molecule has 0 bridgehead atoms. The van der Waals surface area contributed by atoms with Gasteiger partial charge >= 0.3 is 51.4 Å². The fourth-order valence-electron chi connectivity index (χ4n) is 0.738. The zero-order chi connectivity index (χ0) is 6.41. The van der Waals surface area contributed by atoms with Crippen LogP contribution in [0.4, 0.5) is 0 Å². The molecule has 50 valence electrons. The van der Waals surface area contributed by atoms with Crippen molar-refractivity contribution in [2.75, 3.05) is 0 Å². The van der Waals surface area contributed by atoms with E-state index in [0.717, 1.165) is 19.3 Å².